The molecule has 0 aromatic heterocycles. The van der Waals surface area contributed by atoms with Crippen LogP contribution in [0.15, 0.2) is 18.2 Å². The Labute approximate surface area is 108 Å². The molecule has 0 saturated heterocycles. The van der Waals surface area contributed by atoms with Gasteiger partial charge in [0.1, 0.15) is 5.82 Å². The van der Waals surface area contributed by atoms with Crippen molar-refractivity contribution >= 4 is 5.91 Å². The Bertz CT molecular complexity index is 418. The van der Waals surface area contributed by atoms with Crippen molar-refractivity contribution in [3.63, 3.8) is 0 Å². The molecule has 100 valence electrons. The molecule has 1 rings (SSSR count). The average Bonchev–Trinajstić information content (AvgIpc) is 2.22. The second-order valence-corrected chi connectivity index (χ2v) is 5.65. The van der Waals surface area contributed by atoms with Gasteiger partial charge in [-0.1, -0.05) is 20.8 Å². The van der Waals surface area contributed by atoms with E-state index in [-0.39, 0.29) is 17.4 Å². The van der Waals surface area contributed by atoms with E-state index in [1.165, 1.54) is 12.1 Å². The molecule has 0 radical (unpaired) electrons. The van der Waals surface area contributed by atoms with Gasteiger partial charge in [0.25, 0.3) is 5.91 Å². The molecule has 1 aromatic rings. The van der Waals surface area contributed by atoms with Gasteiger partial charge in [0.2, 0.25) is 0 Å². The van der Waals surface area contributed by atoms with E-state index in [9.17, 15) is 9.18 Å². The lowest BCUT2D eigenvalue weighted by atomic mass is 9.86. The van der Waals surface area contributed by atoms with Crippen LogP contribution in [0.4, 0.5) is 4.39 Å². The number of hydrogen-bond acceptors (Lipinski definition) is 2. The molecule has 1 aromatic carbocycles. The Kier molecular flexibility index (Phi) is 4.46. The average molecular weight is 252 g/mol. The van der Waals surface area contributed by atoms with Crippen LogP contribution in [0.25, 0.3) is 0 Å². The summed E-state index contributed by atoms with van der Waals surface area (Å²) in [5, 5.41) is 2.85. The van der Waals surface area contributed by atoms with Crippen molar-refractivity contribution in [1.82, 2.24) is 5.32 Å². The van der Waals surface area contributed by atoms with Crippen LogP contribution >= 0.6 is 0 Å². The maximum atomic E-state index is 13.2. The summed E-state index contributed by atoms with van der Waals surface area (Å²) in [6.45, 7) is 8.11. The van der Waals surface area contributed by atoms with E-state index in [0.29, 0.717) is 12.1 Å². The van der Waals surface area contributed by atoms with E-state index in [1.807, 2.05) is 20.8 Å². The Morgan fingerprint density at radius 2 is 2.00 bits per heavy atom. The topological polar surface area (TPSA) is 55.1 Å². The molecule has 3 nitrogen and oxygen atoms in total. The maximum absolute atomic E-state index is 13.2. The van der Waals surface area contributed by atoms with Crippen LogP contribution in [-0.4, -0.2) is 18.5 Å². The molecule has 0 fully saturated rings. The number of hydrogen-bond donors (Lipinski definition) is 2. The first-order valence-corrected chi connectivity index (χ1v) is 6.02. The fraction of sp³-hybridized carbons (Fsp3) is 0.500. The number of aryl methyl sites for hydroxylation is 1. The third-order valence-corrected chi connectivity index (χ3v) is 2.89. The summed E-state index contributed by atoms with van der Waals surface area (Å²) in [5.41, 5.74) is 6.58. The highest BCUT2D eigenvalue weighted by molar-refractivity contribution is 5.94. The third-order valence-electron chi connectivity index (χ3n) is 2.89. The monoisotopic (exact) mass is 252 g/mol. The van der Waals surface area contributed by atoms with Crippen molar-refractivity contribution in [3.8, 4) is 0 Å². The summed E-state index contributed by atoms with van der Waals surface area (Å²) in [6.07, 6.45) is 0. The van der Waals surface area contributed by atoms with Crippen LogP contribution < -0.4 is 11.1 Å². The molecule has 0 bridgehead atoms. The number of nitrogens with one attached hydrogen (secondary N) is 1. The van der Waals surface area contributed by atoms with E-state index in [4.69, 9.17) is 5.73 Å². The van der Waals surface area contributed by atoms with Crippen LogP contribution in [-0.2, 0) is 0 Å². The van der Waals surface area contributed by atoms with Crippen molar-refractivity contribution in [2.75, 3.05) is 6.54 Å². The largest absolute Gasteiger partial charge is 0.348 e. The predicted octanol–water partition coefficient (Wildman–Crippen LogP) is 2.24. The first-order valence-electron chi connectivity index (χ1n) is 6.02. The molecule has 0 aliphatic heterocycles. The minimum atomic E-state index is -0.403. The van der Waals surface area contributed by atoms with Gasteiger partial charge >= 0.3 is 0 Å². The Morgan fingerprint density at radius 3 is 2.44 bits per heavy atom. The number of halogens is 1. The fourth-order valence-electron chi connectivity index (χ4n) is 1.74. The number of rotatable bonds is 3. The van der Waals surface area contributed by atoms with Gasteiger partial charge in [-0.3, -0.25) is 4.79 Å². The SMILES string of the molecule is Cc1cc(F)cc(C(=O)NC(CN)C(C)(C)C)c1. The number of benzene rings is 1. The minimum Gasteiger partial charge on any atom is -0.348 e. The van der Waals surface area contributed by atoms with Crippen molar-refractivity contribution in [1.29, 1.82) is 0 Å². The summed E-state index contributed by atoms with van der Waals surface area (Å²) in [4.78, 5) is 12.0. The molecule has 0 heterocycles. The zero-order chi connectivity index (χ0) is 13.9. The van der Waals surface area contributed by atoms with E-state index in [1.54, 1.807) is 13.0 Å². The summed E-state index contributed by atoms with van der Waals surface area (Å²) >= 11 is 0. The molecule has 1 atom stereocenters. The highest BCUT2D eigenvalue weighted by Crippen LogP contribution is 2.19. The van der Waals surface area contributed by atoms with Gasteiger partial charge in [-0.05, 0) is 36.1 Å². The lowest BCUT2D eigenvalue weighted by Gasteiger charge is -2.30. The van der Waals surface area contributed by atoms with Gasteiger partial charge in [0.05, 0.1) is 0 Å². The van der Waals surface area contributed by atoms with Crippen molar-refractivity contribution < 1.29 is 9.18 Å². The van der Waals surface area contributed by atoms with Crippen LogP contribution in [0.1, 0.15) is 36.7 Å². The van der Waals surface area contributed by atoms with E-state index >= 15 is 0 Å². The standard InChI is InChI=1S/C14H21FN2O/c1-9-5-10(7-11(15)6-9)13(18)17-12(8-16)14(2,3)4/h5-7,12H,8,16H2,1-4H3,(H,17,18). The lowest BCUT2D eigenvalue weighted by molar-refractivity contribution is 0.0905. The van der Waals surface area contributed by atoms with Gasteiger partial charge < -0.3 is 11.1 Å². The molecule has 0 spiro atoms. The van der Waals surface area contributed by atoms with Crippen LogP contribution in [0, 0.1) is 18.2 Å². The molecule has 4 heteroatoms. The Balaban J connectivity index is 2.88. The van der Waals surface area contributed by atoms with Crippen LogP contribution in [0.2, 0.25) is 0 Å². The summed E-state index contributed by atoms with van der Waals surface area (Å²) in [5.74, 6) is -0.691. The zero-order valence-corrected chi connectivity index (χ0v) is 11.4. The van der Waals surface area contributed by atoms with Gasteiger partial charge in [-0.15, -0.1) is 0 Å². The minimum absolute atomic E-state index is 0.132. The smallest absolute Gasteiger partial charge is 0.251 e. The molecule has 3 N–H and O–H groups in total. The summed E-state index contributed by atoms with van der Waals surface area (Å²) in [7, 11) is 0. The second kappa shape index (κ2) is 5.48. The highest BCUT2D eigenvalue weighted by atomic mass is 19.1. The van der Waals surface area contributed by atoms with E-state index < -0.39 is 5.82 Å². The van der Waals surface area contributed by atoms with Gasteiger partial charge in [0.15, 0.2) is 0 Å². The normalized spacial score (nSPS) is 13.2. The lowest BCUT2D eigenvalue weighted by Crippen LogP contribution is -2.48. The highest BCUT2D eigenvalue weighted by Gasteiger charge is 2.25. The van der Waals surface area contributed by atoms with Crippen LogP contribution in [0.3, 0.4) is 0 Å². The molecule has 18 heavy (non-hydrogen) atoms. The molecule has 0 aliphatic rings. The number of carbonyl (C=O) groups is 1. The van der Waals surface area contributed by atoms with Crippen molar-refractivity contribution in [3.05, 3.63) is 35.1 Å². The molecule has 0 aliphatic carbocycles. The second-order valence-electron chi connectivity index (χ2n) is 5.65. The Morgan fingerprint density at radius 1 is 1.39 bits per heavy atom. The zero-order valence-electron chi connectivity index (χ0n) is 11.4. The Hall–Kier alpha value is -1.42. The first-order chi connectivity index (χ1) is 8.24. The van der Waals surface area contributed by atoms with Gasteiger partial charge in [0, 0.05) is 18.2 Å². The number of carbonyl (C=O) groups excluding carboxylic acids is 1. The predicted molar refractivity (Wildman–Crippen MR) is 70.9 cm³/mol. The fourth-order valence-corrected chi connectivity index (χ4v) is 1.74. The van der Waals surface area contributed by atoms with E-state index in [2.05, 4.69) is 5.32 Å². The quantitative estimate of drug-likeness (QED) is 0.866. The summed E-state index contributed by atoms with van der Waals surface area (Å²) < 4.78 is 13.2. The molecule has 1 unspecified atom stereocenters. The molecule has 0 saturated carbocycles. The summed E-state index contributed by atoms with van der Waals surface area (Å²) in [6, 6.07) is 4.14. The number of nitrogens with two attached hydrogens (primary N) is 1. The maximum Gasteiger partial charge on any atom is 0.251 e. The van der Waals surface area contributed by atoms with Crippen molar-refractivity contribution in [2.24, 2.45) is 11.1 Å². The van der Waals surface area contributed by atoms with Gasteiger partial charge in [-0.2, -0.15) is 0 Å². The molecular formula is C14H21FN2O. The number of amides is 1. The third kappa shape index (κ3) is 3.81. The molecule has 1 amide bonds. The van der Waals surface area contributed by atoms with Crippen LogP contribution in [0.5, 0.6) is 0 Å². The van der Waals surface area contributed by atoms with Crippen molar-refractivity contribution in [2.45, 2.75) is 33.7 Å². The van der Waals surface area contributed by atoms with E-state index in [0.717, 1.165) is 5.56 Å². The molecular weight excluding hydrogens is 231 g/mol. The first kappa shape index (κ1) is 14.6. The van der Waals surface area contributed by atoms with Gasteiger partial charge in [-0.25, -0.2) is 4.39 Å².